The van der Waals surface area contributed by atoms with Crippen molar-refractivity contribution in [2.24, 2.45) is 22.2 Å². The predicted molar refractivity (Wildman–Crippen MR) is 110 cm³/mol. The fourth-order valence-electron chi connectivity index (χ4n) is 4.13. The number of methoxy groups -OCH3 is 1. The van der Waals surface area contributed by atoms with Crippen molar-refractivity contribution in [3.63, 3.8) is 0 Å². The SMILES string of the molecule is COC(OC(OC1CCCCC1)C(C)C)C(C)(CC(C)(C)C)C(C)(C)C. The van der Waals surface area contributed by atoms with E-state index in [1.54, 1.807) is 7.11 Å². The maximum Gasteiger partial charge on any atom is 0.166 e. The normalized spacial score (nSPS) is 22.3. The Balaban J connectivity index is 2.98. The second-order valence-corrected chi connectivity index (χ2v) is 11.1. The number of hydrogen-bond donors (Lipinski definition) is 0. The van der Waals surface area contributed by atoms with Gasteiger partial charge in [-0.15, -0.1) is 0 Å². The molecule has 3 nitrogen and oxygen atoms in total. The van der Waals surface area contributed by atoms with Crippen molar-refractivity contribution < 1.29 is 14.2 Å². The molecule has 0 spiro atoms. The molecule has 1 saturated carbocycles. The summed E-state index contributed by atoms with van der Waals surface area (Å²) < 4.78 is 18.9. The van der Waals surface area contributed by atoms with Crippen LogP contribution in [0.15, 0.2) is 0 Å². The van der Waals surface area contributed by atoms with Crippen molar-refractivity contribution in [1.29, 1.82) is 0 Å². The molecule has 0 aliphatic heterocycles. The Kier molecular flexibility index (Phi) is 8.63. The van der Waals surface area contributed by atoms with Crippen LogP contribution in [-0.4, -0.2) is 25.8 Å². The largest absolute Gasteiger partial charge is 0.355 e. The molecular formula is C23H46O3. The maximum absolute atomic E-state index is 6.56. The van der Waals surface area contributed by atoms with Gasteiger partial charge in [0.05, 0.1) is 6.10 Å². The first-order valence-electron chi connectivity index (χ1n) is 10.6. The summed E-state index contributed by atoms with van der Waals surface area (Å²) in [7, 11) is 1.77. The van der Waals surface area contributed by atoms with Crippen LogP contribution in [0.5, 0.6) is 0 Å². The molecule has 0 heterocycles. The minimum atomic E-state index is -0.294. The van der Waals surface area contributed by atoms with Crippen LogP contribution in [0.25, 0.3) is 0 Å². The molecule has 156 valence electrons. The lowest BCUT2D eigenvalue weighted by Gasteiger charge is -2.50. The minimum Gasteiger partial charge on any atom is -0.355 e. The van der Waals surface area contributed by atoms with Crippen LogP contribution in [0.4, 0.5) is 0 Å². The van der Waals surface area contributed by atoms with Gasteiger partial charge in [0.2, 0.25) is 0 Å². The Bertz CT molecular complexity index is 399. The molecule has 0 N–H and O–H groups in total. The molecule has 1 fully saturated rings. The highest BCUT2D eigenvalue weighted by Gasteiger charge is 2.48. The molecule has 0 saturated heterocycles. The average Bonchev–Trinajstić information content (AvgIpc) is 2.49. The van der Waals surface area contributed by atoms with Crippen LogP contribution in [0.3, 0.4) is 0 Å². The first-order valence-corrected chi connectivity index (χ1v) is 10.6. The van der Waals surface area contributed by atoms with Crippen LogP contribution >= 0.6 is 0 Å². The maximum atomic E-state index is 6.56. The Labute approximate surface area is 163 Å². The highest BCUT2D eigenvalue weighted by Crippen LogP contribution is 2.50. The van der Waals surface area contributed by atoms with Gasteiger partial charge in [0.15, 0.2) is 12.6 Å². The molecule has 0 bridgehead atoms. The lowest BCUT2D eigenvalue weighted by molar-refractivity contribution is -0.313. The zero-order valence-electron chi connectivity index (χ0n) is 19.3. The van der Waals surface area contributed by atoms with Gasteiger partial charge in [0.1, 0.15) is 0 Å². The Morgan fingerprint density at radius 3 is 1.81 bits per heavy atom. The van der Waals surface area contributed by atoms with Gasteiger partial charge >= 0.3 is 0 Å². The van der Waals surface area contributed by atoms with Crippen molar-refractivity contribution in [2.75, 3.05) is 7.11 Å². The van der Waals surface area contributed by atoms with Gasteiger partial charge in [-0.2, -0.15) is 0 Å². The van der Waals surface area contributed by atoms with Crippen molar-refractivity contribution in [2.45, 2.75) is 120 Å². The Hall–Kier alpha value is -0.120. The van der Waals surface area contributed by atoms with E-state index in [2.05, 4.69) is 62.3 Å². The quantitative estimate of drug-likeness (QED) is 0.440. The van der Waals surface area contributed by atoms with E-state index in [1.807, 2.05) is 0 Å². The molecule has 0 aromatic carbocycles. The van der Waals surface area contributed by atoms with E-state index in [9.17, 15) is 0 Å². The molecule has 1 rings (SSSR count). The van der Waals surface area contributed by atoms with E-state index in [0.717, 1.165) is 19.3 Å². The minimum absolute atomic E-state index is 0.0489. The summed E-state index contributed by atoms with van der Waals surface area (Å²) in [4.78, 5) is 0. The van der Waals surface area contributed by atoms with Crippen LogP contribution < -0.4 is 0 Å². The van der Waals surface area contributed by atoms with Gasteiger partial charge in [0, 0.05) is 18.4 Å². The summed E-state index contributed by atoms with van der Waals surface area (Å²) in [6.45, 7) is 20.4. The Morgan fingerprint density at radius 2 is 1.42 bits per heavy atom. The molecule has 0 radical (unpaired) electrons. The molecule has 26 heavy (non-hydrogen) atoms. The monoisotopic (exact) mass is 370 g/mol. The lowest BCUT2D eigenvalue weighted by Crippen LogP contribution is -2.50. The molecular weight excluding hydrogens is 324 g/mol. The smallest absolute Gasteiger partial charge is 0.166 e. The van der Waals surface area contributed by atoms with Crippen LogP contribution in [-0.2, 0) is 14.2 Å². The summed E-state index contributed by atoms with van der Waals surface area (Å²) in [5.74, 6) is 0.299. The fourth-order valence-corrected chi connectivity index (χ4v) is 4.13. The van der Waals surface area contributed by atoms with E-state index in [1.165, 1.54) is 19.3 Å². The van der Waals surface area contributed by atoms with E-state index < -0.39 is 0 Å². The van der Waals surface area contributed by atoms with Gasteiger partial charge in [-0.1, -0.05) is 81.6 Å². The predicted octanol–water partition coefficient (Wildman–Crippen LogP) is 6.80. The second-order valence-electron chi connectivity index (χ2n) is 11.1. The van der Waals surface area contributed by atoms with E-state index in [4.69, 9.17) is 14.2 Å². The first kappa shape index (κ1) is 23.9. The zero-order chi connectivity index (χ0) is 20.2. The number of ether oxygens (including phenoxy) is 3. The van der Waals surface area contributed by atoms with Crippen LogP contribution in [0.2, 0.25) is 0 Å². The summed E-state index contributed by atoms with van der Waals surface area (Å²) >= 11 is 0. The van der Waals surface area contributed by atoms with Crippen molar-refractivity contribution in [1.82, 2.24) is 0 Å². The van der Waals surface area contributed by atoms with Gasteiger partial charge in [-0.05, 0) is 30.1 Å². The Morgan fingerprint density at radius 1 is 0.885 bits per heavy atom. The molecule has 0 amide bonds. The molecule has 3 atom stereocenters. The van der Waals surface area contributed by atoms with Crippen molar-refractivity contribution >= 4 is 0 Å². The molecule has 0 aromatic rings. The van der Waals surface area contributed by atoms with E-state index in [-0.39, 0.29) is 28.8 Å². The van der Waals surface area contributed by atoms with Crippen LogP contribution in [0, 0.1) is 22.2 Å². The van der Waals surface area contributed by atoms with Crippen LogP contribution in [0.1, 0.15) is 101 Å². The highest BCUT2D eigenvalue weighted by atomic mass is 16.8. The fraction of sp³-hybridized carbons (Fsp3) is 1.00. The van der Waals surface area contributed by atoms with Gasteiger partial charge < -0.3 is 14.2 Å². The standard InChI is InChI=1S/C23H46O3/c1-17(2)19(25-18-14-12-11-13-15-18)26-20(24-10)23(9,22(6,7)8)16-21(3,4)5/h17-20H,11-16H2,1-10H3. The second kappa shape index (κ2) is 9.39. The first-order chi connectivity index (χ1) is 11.8. The van der Waals surface area contributed by atoms with Gasteiger partial charge in [-0.3, -0.25) is 0 Å². The van der Waals surface area contributed by atoms with Crippen molar-refractivity contribution in [3.8, 4) is 0 Å². The zero-order valence-corrected chi connectivity index (χ0v) is 19.3. The third kappa shape index (κ3) is 6.80. The summed E-state index contributed by atoms with van der Waals surface area (Å²) in [6.07, 6.45) is 7.03. The summed E-state index contributed by atoms with van der Waals surface area (Å²) in [6, 6.07) is 0. The number of rotatable bonds is 8. The molecule has 1 aliphatic rings. The molecule has 3 unspecified atom stereocenters. The third-order valence-electron chi connectivity index (χ3n) is 6.03. The van der Waals surface area contributed by atoms with Crippen molar-refractivity contribution in [3.05, 3.63) is 0 Å². The third-order valence-corrected chi connectivity index (χ3v) is 6.03. The van der Waals surface area contributed by atoms with Gasteiger partial charge in [-0.25, -0.2) is 0 Å². The molecule has 1 aliphatic carbocycles. The molecule has 3 heteroatoms. The van der Waals surface area contributed by atoms with E-state index in [0.29, 0.717) is 12.0 Å². The topological polar surface area (TPSA) is 27.7 Å². The molecule has 0 aromatic heterocycles. The van der Waals surface area contributed by atoms with Gasteiger partial charge in [0.25, 0.3) is 0 Å². The van der Waals surface area contributed by atoms with E-state index >= 15 is 0 Å². The summed E-state index contributed by atoms with van der Waals surface area (Å²) in [5, 5.41) is 0. The lowest BCUT2D eigenvalue weighted by atomic mass is 9.61. The average molecular weight is 371 g/mol. The highest BCUT2D eigenvalue weighted by molar-refractivity contribution is 4.93. The number of hydrogen-bond acceptors (Lipinski definition) is 3. The summed E-state index contributed by atoms with van der Waals surface area (Å²) in [5.41, 5.74) is 0.121.